The van der Waals surface area contributed by atoms with Gasteiger partial charge in [0.25, 0.3) is 5.91 Å². The predicted molar refractivity (Wildman–Crippen MR) is 112 cm³/mol. The van der Waals surface area contributed by atoms with Crippen molar-refractivity contribution in [1.82, 2.24) is 29.6 Å². The minimum absolute atomic E-state index is 0.0301. The van der Waals surface area contributed by atoms with Crippen LogP contribution < -0.4 is 0 Å². The SMILES string of the molecule is CC1CC2(CN(C(=O)c3ccncn3)C2)c2cc(-c3cnc4ccccc4c3)nn21. The van der Waals surface area contributed by atoms with Gasteiger partial charge in [-0.15, -0.1) is 0 Å². The second-order valence-corrected chi connectivity index (χ2v) is 8.37. The Morgan fingerprint density at radius 3 is 2.83 bits per heavy atom. The lowest BCUT2D eigenvalue weighted by Gasteiger charge is -2.47. The minimum Gasteiger partial charge on any atom is -0.335 e. The lowest BCUT2D eigenvalue weighted by molar-refractivity contribution is 0.0375. The van der Waals surface area contributed by atoms with Gasteiger partial charge in [0.15, 0.2) is 0 Å². The van der Waals surface area contributed by atoms with Crippen molar-refractivity contribution < 1.29 is 4.79 Å². The van der Waals surface area contributed by atoms with Crippen LogP contribution in [0.25, 0.3) is 22.2 Å². The Morgan fingerprint density at radius 2 is 2.00 bits per heavy atom. The van der Waals surface area contributed by atoms with Crippen LogP contribution in [0, 0.1) is 0 Å². The van der Waals surface area contributed by atoms with E-state index in [1.54, 1.807) is 12.3 Å². The van der Waals surface area contributed by atoms with Crippen molar-refractivity contribution in [2.75, 3.05) is 13.1 Å². The molecule has 148 valence electrons. The predicted octanol–water partition coefficient (Wildman–Crippen LogP) is 3.25. The lowest BCUT2D eigenvalue weighted by Crippen LogP contribution is -2.60. The third-order valence-corrected chi connectivity index (χ3v) is 6.34. The summed E-state index contributed by atoms with van der Waals surface area (Å²) in [6.45, 7) is 3.59. The van der Waals surface area contributed by atoms with Crippen LogP contribution in [0.1, 0.15) is 35.6 Å². The van der Waals surface area contributed by atoms with Crippen LogP contribution in [-0.4, -0.2) is 48.6 Å². The fourth-order valence-electron chi connectivity index (χ4n) is 4.93. The van der Waals surface area contributed by atoms with Gasteiger partial charge in [0.05, 0.1) is 17.3 Å². The number of aromatic nitrogens is 5. The van der Waals surface area contributed by atoms with Gasteiger partial charge in [0.2, 0.25) is 0 Å². The monoisotopic (exact) mass is 396 g/mol. The Morgan fingerprint density at radius 1 is 1.13 bits per heavy atom. The van der Waals surface area contributed by atoms with Crippen molar-refractivity contribution in [3.05, 3.63) is 72.6 Å². The number of hydrogen-bond donors (Lipinski definition) is 0. The molecule has 0 radical (unpaired) electrons. The number of hydrogen-bond acceptors (Lipinski definition) is 5. The van der Waals surface area contributed by atoms with Gasteiger partial charge in [-0.25, -0.2) is 9.97 Å². The zero-order chi connectivity index (χ0) is 20.3. The topological polar surface area (TPSA) is 76.8 Å². The lowest BCUT2D eigenvalue weighted by atomic mass is 9.74. The quantitative estimate of drug-likeness (QED) is 0.520. The third kappa shape index (κ3) is 2.48. The molecule has 0 aliphatic carbocycles. The number of carbonyl (C=O) groups is 1. The van der Waals surface area contributed by atoms with Crippen LogP contribution in [0.4, 0.5) is 0 Å². The van der Waals surface area contributed by atoms with Gasteiger partial charge in [0.1, 0.15) is 12.0 Å². The fourth-order valence-corrected chi connectivity index (χ4v) is 4.93. The van der Waals surface area contributed by atoms with E-state index in [0.29, 0.717) is 24.8 Å². The Balaban J connectivity index is 1.31. The molecule has 0 saturated carbocycles. The molecule has 5 heterocycles. The largest absolute Gasteiger partial charge is 0.335 e. The van der Waals surface area contributed by atoms with Crippen LogP contribution in [0.15, 0.2) is 61.2 Å². The van der Waals surface area contributed by atoms with E-state index in [0.717, 1.165) is 28.6 Å². The number of rotatable bonds is 2. The molecule has 2 aliphatic heterocycles. The highest BCUT2D eigenvalue weighted by Crippen LogP contribution is 2.48. The number of carbonyl (C=O) groups excluding carboxylic acids is 1. The highest BCUT2D eigenvalue weighted by molar-refractivity contribution is 5.93. The number of pyridine rings is 1. The molecule has 0 N–H and O–H groups in total. The van der Waals surface area contributed by atoms with E-state index in [-0.39, 0.29) is 11.3 Å². The Labute approximate surface area is 173 Å². The maximum atomic E-state index is 12.7. The molecule has 1 saturated heterocycles. The molecule has 4 aromatic rings. The van der Waals surface area contributed by atoms with Crippen molar-refractivity contribution in [2.45, 2.75) is 24.8 Å². The first-order valence-electron chi connectivity index (χ1n) is 10.1. The summed E-state index contributed by atoms with van der Waals surface area (Å²) in [7, 11) is 0. The van der Waals surface area contributed by atoms with E-state index in [2.05, 4.69) is 44.8 Å². The molecular formula is C23H20N6O. The molecule has 6 rings (SSSR count). The zero-order valence-corrected chi connectivity index (χ0v) is 16.6. The smallest absolute Gasteiger partial charge is 0.272 e. The highest BCUT2D eigenvalue weighted by atomic mass is 16.2. The molecule has 1 aromatic carbocycles. The molecule has 1 amide bonds. The van der Waals surface area contributed by atoms with Crippen molar-refractivity contribution in [2.24, 2.45) is 0 Å². The first kappa shape index (κ1) is 17.3. The van der Waals surface area contributed by atoms with E-state index >= 15 is 0 Å². The average Bonchev–Trinajstić information content (AvgIpc) is 3.32. The van der Waals surface area contributed by atoms with Crippen LogP contribution in [0.2, 0.25) is 0 Å². The van der Waals surface area contributed by atoms with E-state index < -0.39 is 0 Å². The van der Waals surface area contributed by atoms with E-state index in [9.17, 15) is 4.79 Å². The highest BCUT2D eigenvalue weighted by Gasteiger charge is 2.53. The molecule has 3 aromatic heterocycles. The molecular weight excluding hydrogens is 376 g/mol. The second kappa shape index (κ2) is 6.19. The zero-order valence-electron chi connectivity index (χ0n) is 16.6. The Bertz CT molecular complexity index is 1280. The van der Waals surface area contributed by atoms with Gasteiger partial charge in [-0.05, 0) is 37.6 Å². The fraction of sp³-hybridized carbons (Fsp3) is 0.261. The summed E-state index contributed by atoms with van der Waals surface area (Å²) >= 11 is 0. The van der Waals surface area contributed by atoms with Crippen LogP contribution >= 0.6 is 0 Å². The number of likely N-dealkylation sites (tertiary alicyclic amines) is 1. The van der Waals surface area contributed by atoms with Crippen molar-refractivity contribution in [3.8, 4) is 11.3 Å². The summed E-state index contributed by atoms with van der Waals surface area (Å²) in [6, 6.07) is 14.4. The number of nitrogens with zero attached hydrogens (tertiary/aromatic N) is 6. The van der Waals surface area contributed by atoms with Crippen LogP contribution in [-0.2, 0) is 5.41 Å². The third-order valence-electron chi connectivity index (χ3n) is 6.34. The Kier molecular flexibility index (Phi) is 3.56. The molecule has 7 heteroatoms. The number of fused-ring (bicyclic) bond motifs is 3. The molecule has 0 bridgehead atoms. The van der Waals surface area contributed by atoms with E-state index in [4.69, 9.17) is 5.10 Å². The van der Waals surface area contributed by atoms with Crippen molar-refractivity contribution in [1.29, 1.82) is 0 Å². The summed E-state index contributed by atoms with van der Waals surface area (Å²) in [4.78, 5) is 27.2. The maximum absolute atomic E-state index is 12.7. The van der Waals surface area contributed by atoms with Gasteiger partial charge in [-0.2, -0.15) is 5.10 Å². The summed E-state index contributed by atoms with van der Waals surface area (Å²) in [5.41, 5.74) is 4.57. The molecule has 1 atom stereocenters. The number of benzene rings is 1. The minimum atomic E-state index is -0.0346. The molecule has 1 spiro atoms. The maximum Gasteiger partial charge on any atom is 0.272 e. The van der Waals surface area contributed by atoms with E-state index in [1.807, 2.05) is 29.3 Å². The van der Waals surface area contributed by atoms with Gasteiger partial charge in [0, 0.05) is 47.5 Å². The molecule has 7 nitrogen and oxygen atoms in total. The van der Waals surface area contributed by atoms with Gasteiger partial charge >= 0.3 is 0 Å². The standard InChI is InChI=1S/C23H20N6O/c1-15-10-23(12-28(13-23)22(30)19-6-7-24-14-26-19)21-9-20(27-29(15)21)17-8-16-4-2-3-5-18(16)25-11-17/h2-9,11,14-15H,10,12-13H2,1H3. The molecule has 1 fully saturated rings. The number of para-hydroxylation sites is 1. The Hall–Kier alpha value is -3.61. The van der Waals surface area contributed by atoms with Crippen LogP contribution in [0.3, 0.4) is 0 Å². The second-order valence-electron chi connectivity index (χ2n) is 8.37. The van der Waals surface area contributed by atoms with Gasteiger partial charge < -0.3 is 4.90 Å². The normalized spacial score (nSPS) is 19.1. The van der Waals surface area contributed by atoms with Gasteiger partial charge in [-0.1, -0.05) is 18.2 Å². The number of amides is 1. The van der Waals surface area contributed by atoms with Crippen molar-refractivity contribution in [3.63, 3.8) is 0 Å². The summed E-state index contributed by atoms with van der Waals surface area (Å²) in [5, 5.41) is 6.01. The summed E-state index contributed by atoms with van der Waals surface area (Å²) in [6.07, 6.45) is 5.91. The first-order chi connectivity index (χ1) is 14.6. The van der Waals surface area contributed by atoms with E-state index in [1.165, 1.54) is 12.0 Å². The average molecular weight is 396 g/mol. The van der Waals surface area contributed by atoms with Crippen molar-refractivity contribution >= 4 is 16.8 Å². The molecule has 2 aliphatic rings. The first-order valence-corrected chi connectivity index (χ1v) is 10.1. The summed E-state index contributed by atoms with van der Waals surface area (Å²) < 4.78 is 2.14. The summed E-state index contributed by atoms with van der Waals surface area (Å²) in [5.74, 6) is -0.0346. The van der Waals surface area contributed by atoms with Gasteiger partial charge in [-0.3, -0.25) is 14.5 Å². The molecule has 1 unspecified atom stereocenters. The molecule has 30 heavy (non-hydrogen) atoms. The van der Waals surface area contributed by atoms with Crippen LogP contribution in [0.5, 0.6) is 0 Å².